The Morgan fingerprint density at radius 3 is 2.55 bits per heavy atom. The molecule has 0 radical (unpaired) electrons. The Bertz CT molecular complexity index is 673. The molecule has 162 valence electrons. The van der Waals surface area contributed by atoms with E-state index in [1.807, 2.05) is 39.0 Å². The largest absolute Gasteiger partial charge is 0.493 e. The number of guanidine groups is 1. The van der Waals surface area contributed by atoms with Gasteiger partial charge in [-0.2, -0.15) is 0 Å². The summed E-state index contributed by atoms with van der Waals surface area (Å²) in [5.74, 6) is 2.22. The van der Waals surface area contributed by atoms with Gasteiger partial charge in [0.05, 0.1) is 26.9 Å². The predicted molar refractivity (Wildman–Crippen MR) is 114 cm³/mol. The van der Waals surface area contributed by atoms with Gasteiger partial charge >= 0.3 is 6.09 Å². The van der Waals surface area contributed by atoms with E-state index < -0.39 is 0 Å². The van der Waals surface area contributed by atoms with E-state index in [-0.39, 0.29) is 12.1 Å². The standard InChI is InChI=1S/C21H34N4O4/c1-5-22-20(24-17-10-12-25(13-11-17)21(26)29-7-3)23-15-16-8-9-18(27-4)19(14-16)28-6-2/h8-9,14,17H,5-7,10-13,15H2,1-4H3,(H2,22,23,24). The second kappa shape index (κ2) is 12.0. The molecule has 0 spiro atoms. The number of ether oxygens (including phenoxy) is 3. The van der Waals surface area contributed by atoms with E-state index in [0.717, 1.165) is 42.4 Å². The molecule has 1 fully saturated rings. The Morgan fingerprint density at radius 2 is 1.93 bits per heavy atom. The highest BCUT2D eigenvalue weighted by Crippen LogP contribution is 2.28. The normalized spacial score (nSPS) is 15.0. The molecule has 1 aromatic carbocycles. The SMILES string of the molecule is CCNC(=NCc1ccc(OC)c(OCC)c1)NC1CCN(C(=O)OCC)CC1. The average molecular weight is 407 g/mol. The Balaban J connectivity index is 1.95. The highest BCUT2D eigenvalue weighted by Gasteiger charge is 2.24. The summed E-state index contributed by atoms with van der Waals surface area (Å²) in [6.45, 7) is 9.49. The molecule has 2 rings (SSSR count). The molecule has 2 N–H and O–H groups in total. The summed E-state index contributed by atoms with van der Waals surface area (Å²) in [4.78, 5) is 18.3. The van der Waals surface area contributed by atoms with E-state index in [9.17, 15) is 4.79 Å². The molecule has 0 unspecified atom stereocenters. The Kier molecular flexibility index (Phi) is 9.40. The third-order valence-electron chi connectivity index (χ3n) is 4.65. The van der Waals surface area contributed by atoms with Crippen molar-refractivity contribution < 1.29 is 19.0 Å². The number of likely N-dealkylation sites (tertiary alicyclic amines) is 1. The zero-order valence-electron chi connectivity index (χ0n) is 18.0. The number of nitrogens with one attached hydrogen (secondary N) is 2. The monoisotopic (exact) mass is 406 g/mol. The summed E-state index contributed by atoms with van der Waals surface area (Å²) < 4.78 is 16.1. The Morgan fingerprint density at radius 1 is 1.17 bits per heavy atom. The Labute approximate surface area is 173 Å². The molecule has 8 nitrogen and oxygen atoms in total. The van der Waals surface area contributed by atoms with Gasteiger partial charge in [0.2, 0.25) is 0 Å². The van der Waals surface area contributed by atoms with Crippen molar-refractivity contribution in [2.75, 3.05) is 40.0 Å². The third kappa shape index (κ3) is 7.03. The van der Waals surface area contributed by atoms with Crippen LogP contribution in [0.4, 0.5) is 4.79 Å². The van der Waals surface area contributed by atoms with Crippen LogP contribution < -0.4 is 20.1 Å². The fourth-order valence-corrected chi connectivity index (χ4v) is 3.19. The van der Waals surface area contributed by atoms with E-state index >= 15 is 0 Å². The molecule has 1 aliphatic heterocycles. The molecule has 0 atom stereocenters. The number of carbonyl (C=O) groups excluding carboxylic acids is 1. The first-order valence-corrected chi connectivity index (χ1v) is 10.4. The van der Waals surface area contributed by atoms with Gasteiger partial charge in [0.1, 0.15) is 0 Å². The third-order valence-corrected chi connectivity index (χ3v) is 4.65. The molecule has 1 aliphatic rings. The van der Waals surface area contributed by atoms with Gasteiger partial charge in [0, 0.05) is 25.7 Å². The van der Waals surface area contributed by atoms with Gasteiger partial charge in [-0.25, -0.2) is 9.79 Å². The molecule has 1 heterocycles. The first kappa shape index (κ1) is 22.6. The van der Waals surface area contributed by atoms with Crippen LogP contribution in [-0.4, -0.2) is 63.0 Å². The number of hydrogen-bond donors (Lipinski definition) is 2. The van der Waals surface area contributed by atoms with Crippen LogP contribution in [-0.2, 0) is 11.3 Å². The van der Waals surface area contributed by atoms with Gasteiger partial charge in [-0.05, 0) is 51.3 Å². The van der Waals surface area contributed by atoms with Crippen molar-refractivity contribution in [2.24, 2.45) is 4.99 Å². The molecular formula is C21H34N4O4. The van der Waals surface area contributed by atoms with E-state index in [2.05, 4.69) is 10.6 Å². The fourth-order valence-electron chi connectivity index (χ4n) is 3.19. The van der Waals surface area contributed by atoms with Gasteiger partial charge in [0.25, 0.3) is 0 Å². The van der Waals surface area contributed by atoms with Crippen LogP contribution in [0.15, 0.2) is 23.2 Å². The molecule has 1 aromatic rings. The van der Waals surface area contributed by atoms with Crippen LogP contribution in [0.1, 0.15) is 39.2 Å². The van der Waals surface area contributed by atoms with Gasteiger partial charge < -0.3 is 29.7 Å². The number of piperidine rings is 1. The fraction of sp³-hybridized carbons (Fsp3) is 0.619. The van der Waals surface area contributed by atoms with Crippen LogP contribution in [0.3, 0.4) is 0 Å². The van der Waals surface area contributed by atoms with E-state index in [1.54, 1.807) is 12.0 Å². The topological polar surface area (TPSA) is 84.4 Å². The average Bonchev–Trinajstić information content (AvgIpc) is 2.73. The first-order chi connectivity index (χ1) is 14.1. The molecule has 8 heteroatoms. The molecule has 0 aromatic heterocycles. The van der Waals surface area contributed by atoms with Crippen molar-refractivity contribution >= 4 is 12.1 Å². The summed E-state index contributed by atoms with van der Waals surface area (Å²) >= 11 is 0. The molecule has 1 saturated heterocycles. The number of amides is 1. The lowest BCUT2D eigenvalue weighted by Gasteiger charge is -2.32. The smallest absolute Gasteiger partial charge is 0.409 e. The van der Waals surface area contributed by atoms with Crippen LogP contribution in [0.25, 0.3) is 0 Å². The number of aliphatic imine (C=N–C) groups is 1. The van der Waals surface area contributed by atoms with Crippen molar-refractivity contribution in [3.8, 4) is 11.5 Å². The number of methoxy groups -OCH3 is 1. The summed E-state index contributed by atoms with van der Waals surface area (Å²) in [5, 5.41) is 6.78. The lowest BCUT2D eigenvalue weighted by molar-refractivity contribution is 0.0963. The van der Waals surface area contributed by atoms with E-state index in [0.29, 0.717) is 32.8 Å². The van der Waals surface area contributed by atoms with Gasteiger partial charge in [0.15, 0.2) is 17.5 Å². The summed E-state index contributed by atoms with van der Waals surface area (Å²) in [6, 6.07) is 6.13. The lowest BCUT2D eigenvalue weighted by Crippen LogP contribution is -2.49. The quantitative estimate of drug-likeness (QED) is 0.510. The summed E-state index contributed by atoms with van der Waals surface area (Å²) in [6.07, 6.45) is 1.50. The Hall–Kier alpha value is -2.64. The van der Waals surface area contributed by atoms with Gasteiger partial charge in [-0.3, -0.25) is 0 Å². The zero-order valence-corrected chi connectivity index (χ0v) is 18.0. The zero-order chi connectivity index (χ0) is 21.1. The predicted octanol–water partition coefficient (Wildman–Crippen LogP) is 2.77. The van der Waals surface area contributed by atoms with Gasteiger partial charge in [-0.1, -0.05) is 6.07 Å². The summed E-state index contributed by atoms with van der Waals surface area (Å²) in [7, 11) is 1.64. The molecule has 0 saturated carbocycles. The molecular weight excluding hydrogens is 372 g/mol. The van der Waals surface area contributed by atoms with Gasteiger partial charge in [-0.15, -0.1) is 0 Å². The molecule has 1 amide bonds. The first-order valence-electron chi connectivity index (χ1n) is 10.4. The lowest BCUT2D eigenvalue weighted by atomic mass is 10.1. The second-order valence-electron chi connectivity index (χ2n) is 6.72. The van der Waals surface area contributed by atoms with Crippen LogP contribution in [0.5, 0.6) is 11.5 Å². The molecule has 29 heavy (non-hydrogen) atoms. The van der Waals surface area contributed by atoms with Crippen LogP contribution in [0, 0.1) is 0 Å². The number of carbonyl (C=O) groups is 1. The van der Waals surface area contributed by atoms with Crippen LogP contribution in [0.2, 0.25) is 0 Å². The molecule has 0 bridgehead atoms. The maximum Gasteiger partial charge on any atom is 0.409 e. The molecule has 0 aliphatic carbocycles. The minimum Gasteiger partial charge on any atom is -0.493 e. The number of nitrogens with zero attached hydrogens (tertiary/aromatic N) is 2. The van der Waals surface area contributed by atoms with Crippen molar-refractivity contribution in [1.29, 1.82) is 0 Å². The van der Waals surface area contributed by atoms with Crippen molar-refractivity contribution in [1.82, 2.24) is 15.5 Å². The number of hydrogen-bond acceptors (Lipinski definition) is 5. The maximum absolute atomic E-state index is 11.8. The maximum atomic E-state index is 11.8. The van der Waals surface area contributed by atoms with Crippen molar-refractivity contribution in [3.05, 3.63) is 23.8 Å². The van der Waals surface area contributed by atoms with E-state index in [4.69, 9.17) is 19.2 Å². The number of benzene rings is 1. The minimum atomic E-state index is -0.226. The van der Waals surface area contributed by atoms with Crippen LogP contribution >= 0.6 is 0 Å². The van der Waals surface area contributed by atoms with Crippen molar-refractivity contribution in [2.45, 2.75) is 46.2 Å². The second-order valence-corrected chi connectivity index (χ2v) is 6.72. The highest BCUT2D eigenvalue weighted by atomic mass is 16.6. The van der Waals surface area contributed by atoms with Crippen molar-refractivity contribution in [3.63, 3.8) is 0 Å². The summed E-state index contributed by atoms with van der Waals surface area (Å²) in [5.41, 5.74) is 1.04. The minimum absolute atomic E-state index is 0.226. The highest BCUT2D eigenvalue weighted by molar-refractivity contribution is 5.80. The number of rotatable bonds is 8. The van der Waals surface area contributed by atoms with E-state index in [1.165, 1.54) is 0 Å².